The zero-order chi connectivity index (χ0) is 17.3. The van der Waals surface area contributed by atoms with E-state index < -0.39 is 5.97 Å². The molecule has 0 saturated carbocycles. The lowest BCUT2D eigenvalue weighted by Gasteiger charge is -2.25. The van der Waals surface area contributed by atoms with Gasteiger partial charge in [-0.25, -0.2) is 9.78 Å². The van der Waals surface area contributed by atoms with Crippen LogP contribution >= 0.6 is 11.3 Å². The number of carboxylic acids is 1. The van der Waals surface area contributed by atoms with E-state index in [1.807, 2.05) is 35.1 Å². The molecule has 24 heavy (non-hydrogen) atoms. The van der Waals surface area contributed by atoms with E-state index in [-0.39, 0.29) is 10.3 Å². The van der Waals surface area contributed by atoms with E-state index in [2.05, 4.69) is 36.1 Å². The minimum Gasteiger partial charge on any atom is -0.477 e. The zero-order valence-corrected chi connectivity index (χ0v) is 14.7. The number of thiazole rings is 1. The summed E-state index contributed by atoms with van der Waals surface area (Å²) >= 11 is 1.16. The minimum absolute atomic E-state index is 0.0600. The van der Waals surface area contributed by atoms with Gasteiger partial charge in [-0.3, -0.25) is 4.68 Å². The van der Waals surface area contributed by atoms with Crippen LogP contribution in [0, 0.1) is 6.92 Å². The Morgan fingerprint density at radius 2 is 1.96 bits per heavy atom. The molecule has 0 aliphatic heterocycles. The Labute approximate surface area is 144 Å². The molecule has 0 unspecified atom stereocenters. The highest BCUT2D eigenvalue weighted by molar-refractivity contribution is 7.17. The molecule has 0 atom stereocenters. The third kappa shape index (κ3) is 3.23. The van der Waals surface area contributed by atoms with E-state index in [1.54, 1.807) is 6.92 Å². The molecule has 124 valence electrons. The summed E-state index contributed by atoms with van der Waals surface area (Å²) in [5, 5.41) is 14.4. The summed E-state index contributed by atoms with van der Waals surface area (Å²) in [6, 6.07) is 12.2. The van der Waals surface area contributed by atoms with Crippen LogP contribution in [0.1, 0.15) is 34.8 Å². The molecule has 0 fully saturated rings. The van der Waals surface area contributed by atoms with Crippen molar-refractivity contribution < 1.29 is 9.90 Å². The number of rotatable bonds is 5. The molecule has 6 heteroatoms. The molecule has 5 nitrogen and oxygen atoms in total. The molecule has 2 heterocycles. The topological polar surface area (TPSA) is 68.0 Å². The van der Waals surface area contributed by atoms with Crippen LogP contribution in [0.5, 0.6) is 0 Å². The largest absolute Gasteiger partial charge is 0.477 e. The molecule has 3 rings (SSSR count). The van der Waals surface area contributed by atoms with Gasteiger partial charge >= 0.3 is 5.97 Å². The second-order valence-electron chi connectivity index (χ2n) is 6.39. The van der Waals surface area contributed by atoms with E-state index in [9.17, 15) is 4.79 Å². The second-order valence-corrected chi connectivity index (χ2v) is 7.39. The molecular weight excluding hydrogens is 322 g/mol. The van der Waals surface area contributed by atoms with E-state index in [1.165, 1.54) is 5.56 Å². The summed E-state index contributed by atoms with van der Waals surface area (Å²) in [6.45, 7) is 6.80. The van der Waals surface area contributed by atoms with Crippen LogP contribution in [0.3, 0.4) is 0 Å². The van der Waals surface area contributed by atoms with Crippen molar-refractivity contribution in [3.8, 4) is 10.7 Å². The van der Waals surface area contributed by atoms with Crippen LogP contribution in [0.25, 0.3) is 10.7 Å². The van der Waals surface area contributed by atoms with Crippen LogP contribution < -0.4 is 0 Å². The third-order valence-corrected chi connectivity index (χ3v) is 5.13. The monoisotopic (exact) mass is 341 g/mol. The molecule has 2 aromatic heterocycles. The van der Waals surface area contributed by atoms with Crippen molar-refractivity contribution >= 4 is 17.3 Å². The summed E-state index contributed by atoms with van der Waals surface area (Å²) < 4.78 is 1.89. The van der Waals surface area contributed by atoms with Gasteiger partial charge in [0.1, 0.15) is 15.6 Å². The summed E-state index contributed by atoms with van der Waals surface area (Å²) in [5.41, 5.74) is 2.43. The molecule has 0 spiro atoms. The lowest BCUT2D eigenvalue weighted by Crippen LogP contribution is -2.24. The van der Waals surface area contributed by atoms with Crippen molar-refractivity contribution in [1.82, 2.24) is 14.8 Å². The lowest BCUT2D eigenvalue weighted by molar-refractivity contribution is 0.0701. The van der Waals surface area contributed by atoms with Crippen LogP contribution in [-0.4, -0.2) is 25.8 Å². The summed E-state index contributed by atoms with van der Waals surface area (Å²) in [7, 11) is 0. The highest BCUT2D eigenvalue weighted by atomic mass is 32.1. The first-order chi connectivity index (χ1) is 11.4. The maximum atomic E-state index is 11.2. The smallest absolute Gasteiger partial charge is 0.347 e. The number of nitrogens with zero attached hydrogens (tertiary/aromatic N) is 3. The molecule has 1 N–H and O–H groups in total. The van der Waals surface area contributed by atoms with Gasteiger partial charge in [0.15, 0.2) is 0 Å². The van der Waals surface area contributed by atoms with E-state index in [0.717, 1.165) is 17.9 Å². The highest BCUT2D eigenvalue weighted by Crippen LogP contribution is 2.28. The van der Waals surface area contributed by atoms with Crippen molar-refractivity contribution in [3.63, 3.8) is 0 Å². The third-order valence-electron chi connectivity index (χ3n) is 3.96. The molecule has 0 bridgehead atoms. The summed E-state index contributed by atoms with van der Waals surface area (Å²) in [4.78, 5) is 15.8. The Morgan fingerprint density at radius 1 is 1.25 bits per heavy atom. The summed E-state index contributed by atoms with van der Waals surface area (Å²) in [5.74, 6) is -0.944. The Balaban J connectivity index is 1.83. The fourth-order valence-electron chi connectivity index (χ4n) is 2.65. The number of aromatic nitrogens is 3. The number of aromatic carboxylic acids is 1. The number of aryl methyl sites for hydroxylation is 1. The van der Waals surface area contributed by atoms with Gasteiger partial charge in [0, 0.05) is 11.6 Å². The van der Waals surface area contributed by atoms with Gasteiger partial charge in [0.25, 0.3) is 0 Å². The Morgan fingerprint density at radius 3 is 2.58 bits per heavy atom. The van der Waals surface area contributed by atoms with Crippen LogP contribution in [0.4, 0.5) is 0 Å². The Hall–Kier alpha value is -2.47. The quantitative estimate of drug-likeness (QED) is 0.762. The van der Waals surface area contributed by atoms with Crippen molar-refractivity contribution in [2.45, 2.75) is 32.7 Å². The fraction of sp³-hybridized carbons (Fsp3) is 0.278. The van der Waals surface area contributed by atoms with Crippen molar-refractivity contribution in [3.05, 3.63) is 58.7 Å². The first-order valence-electron chi connectivity index (χ1n) is 7.67. The first kappa shape index (κ1) is 16.4. The van der Waals surface area contributed by atoms with E-state index >= 15 is 0 Å². The molecule has 0 saturated heterocycles. The number of carboxylic acid groups (broad SMARTS) is 1. The maximum absolute atomic E-state index is 11.2. The van der Waals surface area contributed by atoms with Gasteiger partial charge in [-0.05, 0) is 18.6 Å². The number of hydrogen-bond donors (Lipinski definition) is 1. The Bertz CT molecular complexity index is 866. The first-order valence-corrected chi connectivity index (χ1v) is 8.48. The molecule has 3 aromatic rings. The van der Waals surface area contributed by atoms with Gasteiger partial charge in [-0.1, -0.05) is 44.2 Å². The number of hydrogen-bond acceptors (Lipinski definition) is 4. The Kier molecular flexibility index (Phi) is 4.24. The van der Waals surface area contributed by atoms with E-state index in [0.29, 0.717) is 16.4 Å². The van der Waals surface area contributed by atoms with Crippen LogP contribution in [-0.2, 0) is 12.0 Å². The van der Waals surface area contributed by atoms with Gasteiger partial charge in [-0.2, -0.15) is 5.10 Å². The SMILES string of the molecule is Cc1nc(-c2ccn(CC(C)(C)c3ccccc3)n2)sc1C(=O)O. The average molecular weight is 341 g/mol. The molecule has 0 aliphatic rings. The second kappa shape index (κ2) is 6.20. The lowest BCUT2D eigenvalue weighted by atomic mass is 9.85. The number of benzene rings is 1. The molecule has 1 aromatic carbocycles. The molecule has 0 aliphatic carbocycles. The van der Waals surface area contributed by atoms with Gasteiger partial charge in [-0.15, -0.1) is 11.3 Å². The van der Waals surface area contributed by atoms with Crippen LogP contribution in [0.15, 0.2) is 42.6 Å². The minimum atomic E-state index is -0.944. The summed E-state index contributed by atoms with van der Waals surface area (Å²) in [6.07, 6.45) is 1.91. The fourth-order valence-corrected chi connectivity index (χ4v) is 3.52. The normalized spacial score (nSPS) is 11.6. The van der Waals surface area contributed by atoms with E-state index in [4.69, 9.17) is 5.11 Å². The zero-order valence-electron chi connectivity index (χ0n) is 13.9. The molecule has 0 amide bonds. The molecule has 0 radical (unpaired) electrons. The van der Waals surface area contributed by atoms with Crippen LogP contribution in [0.2, 0.25) is 0 Å². The standard InChI is InChI=1S/C18H19N3O2S/c1-12-15(17(22)23)24-16(19-12)14-9-10-21(20-14)11-18(2,3)13-7-5-4-6-8-13/h4-10H,11H2,1-3H3,(H,22,23). The molecular formula is C18H19N3O2S. The highest BCUT2D eigenvalue weighted by Gasteiger charge is 2.22. The predicted molar refractivity (Wildman–Crippen MR) is 94.5 cm³/mol. The van der Waals surface area contributed by atoms with Crippen molar-refractivity contribution in [2.75, 3.05) is 0 Å². The van der Waals surface area contributed by atoms with Gasteiger partial charge in [0.2, 0.25) is 0 Å². The predicted octanol–water partition coefficient (Wildman–Crippen LogP) is 3.99. The maximum Gasteiger partial charge on any atom is 0.347 e. The van der Waals surface area contributed by atoms with Crippen molar-refractivity contribution in [2.24, 2.45) is 0 Å². The van der Waals surface area contributed by atoms with Crippen molar-refractivity contribution in [1.29, 1.82) is 0 Å². The number of carbonyl (C=O) groups is 1. The average Bonchev–Trinajstić information content (AvgIpc) is 3.14. The van der Waals surface area contributed by atoms with Gasteiger partial charge < -0.3 is 5.11 Å². The van der Waals surface area contributed by atoms with Gasteiger partial charge in [0.05, 0.1) is 12.2 Å².